The molecule has 9 nitrogen and oxygen atoms in total. The third-order valence-electron chi connectivity index (χ3n) is 4.76. The largest absolute Gasteiger partial charge is 0.368 e. The molecule has 164 valence electrons. The molecule has 0 aliphatic carbocycles. The van der Waals surface area contributed by atoms with Crippen LogP contribution in [0.1, 0.15) is 12.0 Å². The molecule has 31 heavy (non-hydrogen) atoms. The molecule has 11 heteroatoms. The maximum absolute atomic E-state index is 13.2. The highest BCUT2D eigenvalue weighted by molar-refractivity contribution is 7.89. The molecule has 0 saturated carbocycles. The smallest absolute Gasteiger partial charge is 0.267 e. The van der Waals surface area contributed by atoms with Crippen molar-refractivity contribution in [2.75, 3.05) is 19.1 Å². The molecular formula is C20H22FN5O4S. The number of benzene rings is 2. The molecule has 0 saturated heterocycles. The first-order valence-electron chi connectivity index (χ1n) is 9.31. The molecule has 3 rings (SSSR count). The van der Waals surface area contributed by atoms with E-state index in [0.717, 1.165) is 4.31 Å². The Morgan fingerprint density at radius 3 is 2.45 bits per heavy atom. The second kappa shape index (κ2) is 8.82. The molecule has 1 aliphatic rings. The summed E-state index contributed by atoms with van der Waals surface area (Å²) >= 11 is 0. The van der Waals surface area contributed by atoms with Crippen molar-refractivity contribution >= 4 is 33.2 Å². The lowest BCUT2D eigenvalue weighted by Crippen LogP contribution is -2.39. The number of hydrogen-bond acceptors (Lipinski definition) is 6. The minimum Gasteiger partial charge on any atom is -0.368 e. The van der Waals surface area contributed by atoms with Crippen molar-refractivity contribution in [3.05, 3.63) is 59.9 Å². The lowest BCUT2D eigenvalue weighted by Gasteiger charge is -2.20. The van der Waals surface area contributed by atoms with Crippen molar-refractivity contribution in [3.63, 3.8) is 0 Å². The number of anilines is 1. The van der Waals surface area contributed by atoms with Gasteiger partial charge in [-0.15, -0.1) is 0 Å². The average molecular weight is 447 g/mol. The van der Waals surface area contributed by atoms with Gasteiger partial charge in [0.25, 0.3) is 5.91 Å². The van der Waals surface area contributed by atoms with Crippen LogP contribution in [0.3, 0.4) is 0 Å². The van der Waals surface area contributed by atoms with Crippen molar-refractivity contribution in [1.29, 1.82) is 0 Å². The van der Waals surface area contributed by atoms with Crippen LogP contribution in [0.15, 0.2) is 58.5 Å². The van der Waals surface area contributed by atoms with E-state index in [1.807, 2.05) is 0 Å². The summed E-state index contributed by atoms with van der Waals surface area (Å²) in [5.74, 6) is -1.70. The molecule has 0 spiro atoms. The predicted octanol–water partition coefficient (Wildman–Crippen LogP) is 0.812. The standard InChI is InChI=1S/C20H22FN5O4S/c1-25(2)31(29,30)18-6-4-3-5-13(18)12-23-20(28)16-11-17(19(22)27)26(24-16)15-9-7-14(21)8-10-15/h3-10,17H,11-12H2,1-2H3,(H2,22,27)(H,23,28). The number of nitrogens with one attached hydrogen (secondary N) is 1. The number of amides is 2. The topological polar surface area (TPSA) is 125 Å². The quantitative estimate of drug-likeness (QED) is 0.650. The summed E-state index contributed by atoms with van der Waals surface area (Å²) in [4.78, 5) is 24.6. The Hall–Kier alpha value is -3.31. The molecule has 0 aromatic heterocycles. The zero-order valence-electron chi connectivity index (χ0n) is 16.9. The zero-order valence-corrected chi connectivity index (χ0v) is 17.8. The molecule has 0 radical (unpaired) electrons. The van der Waals surface area contributed by atoms with E-state index in [4.69, 9.17) is 5.73 Å². The van der Waals surface area contributed by atoms with Gasteiger partial charge in [-0.25, -0.2) is 17.1 Å². The van der Waals surface area contributed by atoms with Crippen molar-refractivity contribution in [2.45, 2.75) is 23.9 Å². The number of rotatable bonds is 7. The Bertz CT molecular complexity index is 1130. The van der Waals surface area contributed by atoms with Crippen LogP contribution >= 0.6 is 0 Å². The number of halogens is 1. The first-order valence-corrected chi connectivity index (χ1v) is 10.8. The highest BCUT2D eigenvalue weighted by Gasteiger charge is 2.35. The van der Waals surface area contributed by atoms with Gasteiger partial charge in [-0.05, 0) is 35.9 Å². The first kappa shape index (κ1) is 22.4. The lowest BCUT2D eigenvalue weighted by molar-refractivity contribution is -0.119. The second-order valence-corrected chi connectivity index (χ2v) is 9.19. The number of hydrazone groups is 1. The van der Waals surface area contributed by atoms with Gasteiger partial charge in [0.05, 0.1) is 10.6 Å². The van der Waals surface area contributed by atoms with Gasteiger partial charge < -0.3 is 11.1 Å². The van der Waals surface area contributed by atoms with Crippen molar-refractivity contribution in [2.24, 2.45) is 10.8 Å². The van der Waals surface area contributed by atoms with Gasteiger partial charge in [0.1, 0.15) is 17.6 Å². The van der Waals surface area contributed by atoms with Crippen LogP contribution in [-0.4, -0.2) is 50.4 Å². The van der Waals surface area contributed by atoms with E-state index in [1.54, 1.807) is 18.2 Å². The summed E-state index contributed by atoms with van der Waals surface area (Å²) in [5, 5.41) is 8.11. The number of hydrogen-bond donors (Lipinski definition) is 2. The highest BCUT2D eigenvalue weighted by Crippen LogP contribution is 2.25. The minimum absolute atomic E-state index is 0.0316. The lowest BCUT2D eigenvalue weighted by atomic mass is 10.1. The summed E-state index contributed by atoms with van der Waals surface area (Å²) in [5.41, 5.74) is 6.32. The molecule has 0 bridgehead atoms. The van der Waals surface area contributed by atoms with Gasteiger partial charge in [-0.1, -0.05) is 18.2 Å². The van der Waals surface area contributed by atoms with Gasteiger partial charge in [0.2, 0.25) is 15.9 Å². The predicted molar refractivity (Wildman–Crippen MR) is 113 cm³/mol. The van der Waals surface area contributed by atoms with E-state index >= 15 is 0 Å². The number of carbonyl (C=O) groups excluding carboxylic acids is 2. The SMILES string of the molecule is CN(C)S(=O)(=O)c1ccccc1CNC(=O)C1=NN(c2ccc(F)cc2)C(C(N)=O)C1. The Morgan fingerprint density at radius 1 is 1.19 bits per heavy atom. The van der Waals surface area contributed by atoms with Crippen LogP contribution in [0.4, 0.5) is 10.1 Å². The van der Waals surface area contributed by atoms with Crippen LogP contribution in [0.25, 0.3) is 0 Å². The monoisotopic (exact) mass is 447 g/mol. The summed E-state index contributed by atoms with van der Waals surface area (Å²) < 4.78 is 39.3. The molecule has 1 aliphatic heterocycles. The Balaban J connectivity index is 1.79. The van der Waals surface area contributed by atoms with Crippen LogP contribution in [0.5, 0.6) is 0 Å². The molecule has 2 amide bonds. The molecule has 3 N–H and O–H groups in total. The Kier molecular flexibility index (Phi) is 6.37. The van der Waals surface area contributed by atoms with Gasteiger partial charge >= 0.3 is 0 Å². The van der Waals surface area contributed by atoms with Gasteiger partial charge in [0, 0.05) is 27.1 Å². The van der Waals surface area contributed by atoms with E-state index in [1.165, 1.54) is 49.4 Å². The third-order valence-corrected chi connectivity index (χ3v) is 6.68. The van der Waals surface area contributed by atoms with Crippen LogP contribution in [0, 0.1) is 5.82 Å². The number of sulfonamides is 1. The van der Waals surface area contributed by atoms with Crippen molar-refractivity contribution < 1.29 is 22.4 Å². The first-order chi connectivity index (χ1) is 14.6. The Labute approximate surface area is 179 Å². The summed E-state index contributed by atoms with van der Waals surface area (Å²) in [7, 11) is -0.846. The number of primary amides is 1. The van der Waals surface area contributed by atoms with E-state index in [-0.39, 0.29) is 23.6 Å². The van der Waals surface area contributed by atoms with E-state index in [0.29, 0.717) is 11.3 Å². The van der Waals surface area contributed by atoms with Gasteiger partial charge in [0.15, 0.2) is 0 Å². The fourth-order valence-electron chi connectivity index (χ4n) is 3.08. The fraction of sp³-hybridized carbons (Fsp3) is 0.250. The average Bonchev–Trinajstić information content (AvgIpc) is 3.18. The van der Waals surface area contributed by atoms with Crippen molar-refractivity contribution in [3.8, 4) is 0 Å². The number of nitrogens with two attached hydrogens (primary N) is 1. The summed E-state index contributed by atoms with van der Waals surface area (Å²) in [6.45, 7) is -0.0567. The summed E-state index contributed by atoms with van der Waals surface area (Å²) in [6.07, 6.45) is -0.0316. The van der Waals surface area contributed by atoms with E-state index < -0.39 is 33.7 Å². The summed E-state index contributed by atoms with van der Waals surface area (Å²) in [6, 6.07) is 10.7. The molecule has 1 atom stereocenters. The van der Waals surface area contributed by atoms with E-state index in [9.17, 15) is 22.4 Å². The molecular weight excluding hydrogens is 425 g/mol. The molecule has 0 fully saturated rings. The van der Waals surface area contributed by atoms with Crippen molar-refractivity contribution in [1.82, 2.24) is 9.62 Å². The van der Waals surface area contributed by atoms with Crippen LogP contribution in [-0.2, 0) is 26.2 Å². The molecule has 2 aromatic carbocycles. The zero-order chi connectivity index (χ0) is 22.8. The maximum atomic E-state index is 13.2. The fourth-order valence-corrected chi connectivity index (χ4v) is 4.19. The normalized spacial score (nSPS) is 16.3. The van der Waals surface area contributed by atoms with Gasteiger partial charge in [-0.2, -0.15) is 5.10 Å². The van der Waals surface area contributed by atoms with Crippen LogP contribution in [0.2, 0.25) is 0 Å². The number of nitrogens with zero attached hydrogens (tertiary/aromatic N) is 3. The molecule has 1 heterocycles. The minimum atomic E-state index is -3.69. The van der Waals surface area contributed by atoms with Crippen LogP contribution < -0.4 is 16.1 Å². The maximum Gasteiger partial charge on any atom is 0.267 e. The number of carbonyl (C=O) groups is 2. The highest BCUT2D eigenvalue weighted by atomic mass is 32.2. The second-order valence-electron chi connectivity index (χ2n) is 7.07. The third kappa shape index (κ3) is 4.72. The van der Waals surface area contributed by atoms with Gasteiger partial charge in [-0.3, -0.25) is 14.6 Å². The molecule has 1 unspecified atom stereocenters. The van der Waals surface area contributed by atoms with E-state index in [2.05, 4.69) is 10.4 Å². The Morgan fingerprint density at radius 2 is 1.84 bits per heavy atom. The molecule has 2 aromatic rings.